The number of oxazole rings is 1. The molecule has 0 amide bonds. The molecule has 2 aromatic carbocycles. The Balaban J connectivity index is 2.47. The second-order valence-corrected chi connectivity index (χ2v) is 5.42. The van der Waals surface area contributed by atoms with Crippen LogP contribution in [0.1, 0.15) is 5.89 Å². The summed E-state index contributed by atoms with van der Waals surface area (Å²) in [6, 6.07) is 7.98. The highest BCUT2D eigenvalue weighted by Gasteiger charge is 2.13. The summed E-state index contributed by atoms with van der Waals surface area (Å²) in [5.74, 6) is 0.509. The third-order valence-corrected chi connectivity index (χ3v) is 3.60. The molecule has 0 aliphatic heterocycles. The molecule has 0 saturated carbocycles. The van der Waals surface area contributed by atoms with Gasteiger partial charge < -0.3 is 4.42 Å². The van der Waals surface area contributed by atoms with Crippen LogP contribution in [0.3, 0.4) is 0 Å². The molecule has 0 bridgehead atoms. The van der Waals surface area contributed by atoms with Crippen LogP contribution >= 0.6 is 0 Å². The van der Waals surface area contributed by atoms with Crippen LogP contribution < -0.4 is 0 Å². The van der Waals surface area contributed by atoms with E-state index in [2.05, 4.69) is 4.98 Å². The van der Waals surface area contributed by atoms with Crippen LogP contribution in [0.2, 0.25) is 0 Å². The van der Waals surface area contributed by atoms with Gasteiger partial charge in [-0.1, -0.05) is 12.1 Å². The number of aryl methyl sites for hydroxylation is 1. The summed E-state index contributed by atoms with van der Waals surface area (Å²) in [6.45, 7) is 1.72. The van der Waals surface area contributed by atoms with E-state index < -0.39 is 10.1 Å². The Morgan fingerprint density at radius 3 is 2.67 bits per heavy atom. The van der Waals surface area contributed by atoms with Gasteiger partial charge in [-0.25, -0.2) is 4.98 Å². The first-order chi connectivity index (χ1) is 8.45. The Morgan fingerprint density at radius 2 is 1.94 bits per heavy atom. The first-order valence-corrected chi connectivity index (χ1v) is 6.66. The second-order valence-electron chi connectivity index (χ2n) is 4.00. The minimum Gasteiger partial charge on any atom is -0.441 e. The largest absolute Gasteiger partial charge is 0.441 e. The second kappa shape index (κ2) is 3.54. The van der Waals surface area contributed by atoms with Crippen molar-refractivity contribution in [3.8, 4) is 0 Å². The summed E-state index contributed by atoms with van der Waals surface area (Å²) in [4.78, 5) is 4.07. The molecule has 0 saturated heterocycles. The zero-order valence-corrected chi connectivity index (χ0v) is 10.2. The van der Waals surface area contributed by atoms with E-state index >= 15 is 0 Å². The van der Waals surface area contributed by atoms with Crippen LogP contribution in [0.4, 0.5) is 0 Å². The SMILES string of the molecule is Cc1nc2c(ccc3ccc(S(=O)(=O)O)cc32)o1. The maximum Gasteiger partial charge on any atom is 0.294 e. The molecule has 3 rings (SSSR count). The van der Waals surface area contributed by atoms with Crippen LogP contribution in [0.15, 0.2) is 39.6 Å². The van der Waals surface area contributed by atoms with E-state index in [0.717, 1.165) is 5.39 Å². The quantitative estimate of drug-likeness (QED) is 0.682. The molecule has 0 spiro atoms. The van der Waals surface area contributed by atoms with E-state index in [4.69, 9.17) is 8.97 Å². The molecule has 0 unspecified atom stereocenters. The molecule has 18 heavy (non-hydrogen) atoms. The minimum absolute atomic E-state index is 0.150. The molecule has 1 aromatic heterocycles. The van der Waals surface area contributed by atoms with E-state index in [1.807, 2.05) is 6.07 Å². The number of fused-ring (bicyclic) bond motifs is 3. The van der Waals surface area contributed by atoms with E-state index in [1.165, 1.54) is 12.1 Å². The molecule has 0 radical (unpaired) electrons. The number of rotatable bonds is 1. The van der Waals surface area contributed by atoms with Gasteiger partial charge in [-0.05, 0) is 23.6 Å². The molecule has 1 heterocycles. The predicted octanol–water partition coefficient (Wildman–Crippen LogP) is 2.54. The van der Waals surface area contributed by atoms with Crippen molar-refractivity contribution in [3.63, 3.8) is 0 Å². The Morgan fingerprint density at radius 1 is 1.22 bits per heavy atom. The molecular weight excluding hydrogens is 254 g/mol. The lowest BCUT2D eigenvalue weighted by atomic mass is 10.1. The normalized spacial score (nSPS) is 12.3. The van der Waals surface area contributed by atoms with Gasteiger partial charge in [0, 0.05) is 12.3 Å². The van der Waals surface area contributed by atoms with Crippen molar-refractivity contribution in [3.05, 3.63) is 36.2 Å². The Kier molecular flexibility index (Phi) is 2.20. The lowest BCUT2D eigenvalue weighted by Crippen LogP contribution is -1.97. The Labute approximate surface area is 103 Å². The van der Waals surface area contributed by atoms with E-state index in [0.29, 0.717) is 22.4 Å². The fourth-order valence-electron chi connectivity index (χ4n) is 1.96. The lowest BCUT2D eigenvalue weighted by molar-refractivity contribution is 0.483. The van der Waals surface area contributed by atoms with E-state index in [1.54, 1.807) is 19.1 Å². The van der Waals surface area contributed by atoms with Gasteiger partial charge in [0.25, 0.3) is 10.1 Å². The van der Waals surface area contributed by atoms with Crippen LogP contribution in [-0.2, 0) is 10.1 Å². The Bertz CT molecular complexity index is 864. The fraction of sp³-hybridized carbons (Fsp3) is 0.0833. The average molecular weight is 263 g/mol. The van der Waals surface area contributed by atoms with Gasteiger partial charge in [0.05, 0.1) is 4.90 Å². The molecule has 92 valence electrons. The summed E-state index contributed by atoms with van der Waals surface area (Å²) in [6.07, 6.45) is 0. The molecule has 6 heteroatoms. The number of hydrogen-bond donors (Lipinski definition) is 1. The maximum atomic E-state index is 11.1. The molecule has 5 nitrogen and oxygen atoms in total. The first kappa shape index (κ1) is 11.2. The predicted molar refractivity (Wildman–Crippen MR) is 66.1 cm³/mol. The number of aromatic nitrogens is 1. The third-order valence-electron chi connectivity index (χ3n) is 2.75. The van der Waals surface area contributed by atoms with Crippen molar-refractivity contribution in [2.24, 2.45) is 0 Å². The highest BCUT2D eigenvalue weighted by Crippen LogP contribution is 2.27. The van der Waals surface area contributed by atoms with Crippen molar-refractivity contribution in [1.29, 1.82) is 0 Å². The van der Waals surface area contributed by atoms with Crippen molar-refractivity contribution in [2.45, 2.75) is 11.8 Å². The number of nitrogens with zero attached hydrogens (tertiary/aromatic N) is 1. The molecule has 0 aliphatic rings. The standard InChI is InChI=1S/C12H9NO4S/c1-7-13-12-10-6-9(18(14,15)16)4-2-8(10)3-5-11(12)17-7/h2-6H,1H3,(H,14,15,16). The van der Waals surface area contributed by atoms with Crippen molar-refractivity contribution in [2.75, 3.05) is 0 Å². The van der Waals surface area contributed by atoms with E-state index in [-0.39, 0.29) is 4.90 Å². The maximum absolute atomic E-state index is 11.1. The lowest BCUT2D eigenvalue weighted by Gasteiger charge is -2.01. The minimum atomic E-state index is -4.21. The Hall–Kier alpha value is -1.92. The number of benzene rings is 2. The van der Waals surface area contributed by atoms with Crippen molar-refractivity contribution < 1.29 is 17.4 Å². The molecular formula is C12H9NO4S. The van der Waals surface area contributed by atoms with Gasteiger partial charge in [0.1, 0.15) is 5.52 Å². The van der Waals surface area contributed by atoms with Gasteiger partial charge in [-0.3, -0.25) is 4.55 Å². The van der Waals surface area contributed by atoms with Crippen molar-refractivity contribution in [1.82, 2.24) is 4.98 Å². The fourth-order valence-corrected chi connectivity index (χ4v) is 2.47. The van der Waals surface area contributed by atoms with Crippen molar-refractivity contribution >= 4 is 32.0 Å². The topological polar surface area (TPSA) is 80.4 Å². The molecule has 1 N–H and O–H groups in total. The molecule has 0 fully saturated rings. The highest BCUT2D eigenvalue weighted by molar-refractivity contribution is 7.85. The zero-order valence-electron chi connectivity index (χ0n) is 9.41. The summed E-state index contributed by atoms with van der Waals surface area (Å²) in [5.41, 5.74) is 1.18. The number of hydrogen-bond acceptors (Lipinski definition) is 4. The van der Waals surface area contributed by atoms with Gasteiger partial charge in [0.2, 0.25) is 0 Å². The summed E-state index contributed by atoms with van der Waals surface area (Å²) >= 11 is 0. The summed E-state index contributed by atoms with van der Waals surface area (Å²) < 4.78 is 36.7. The van der Waals surface area contributed by atoms with Crippen LogP contribution in [0.25, 0.3) is 21.9 Å². The smallest absolute Gasteiger partial charge is 0.294 e. The average Bonchev–Trinajstić information content (AvgIpc) is 2.68. The first-order valence-electron chi connectivity index (χ1n) is 5.22. The monoisotopic (exact) mass is 263 g/mol. The van der Waals surface area contributed by atoms with E-state index in [9.17, 15) is 8.42 Å². The highest BCUT2D eigenvalue weighted by atomic mass is 32.2. The van der Waals surface area contributed by atoms with Crippen LogP contribution in [0, 0.1) is 6.92 Å². The van der Waals surface area contributed by atoms with Gasteiger partial charge in [0.15, 0.2) is 11.5 Å². The third kappa shape index (κ3) is 1.66. The summed E-state index contributed by atoms with van der Waals surface area (Å²) in [5, 5.41) is 1.47. The zero-order chi connectivity index (χ0) is 12.9. The summed E-state index contributed by atoms with van der Waals surface area (Å²) in [7, 11) is -4.21. The molecule has 0 atom stereocenters. The molecule has 3 aromatic rings. The van der Waals surface area contributed by atoms with Gasteiger partial charge in [-0.2, -0.15) is 8.42 Å². The van der Waals surface area contributed by atoms with Gasteiger partial charge in [-0.15, -0.1) is 0 Å². The van der Waals surface area contributed by atoms with Gasteiger partial charge >= 0.3 is 0 Å². The van der Waals surface area contributed by atoms with Crippen LogP contribution in [-0.4, -0.2) is 18.0 Å². The molecule has 0 aliphatic carbocycles. The van der Waals surface area contributed by atoms with Crippen LogP contribution in [0.5, 0.6) is 0 Å².